The van der Waals surface area contributed by atoms with Gasteiger partial charge in [0.25, 0.3) is 0 Å². The van der Waals surface area contributed by atoms with Crippen molar-refractivity contribution in [3.8, 4) is 0 Å². The lowest BCUT2D eigenvalue weighted by Gasteiger charge is -2.11. The quantitative estimate of drug-likeness (QED) is 0.583. The average Bonchev–Trinajstić information content (AvgIpc) is 2.55. The van der Waals surface area contributed by atoms with Gasteiger partial charge in [-0.1, -0.05) is 73.7 Å². The fourth-order valence-corrected chi connectivity index (χ4v) is 2.89. The summed E-state index contributed by atoms with van der Waals surface area (Å²) in [6.07, 6.45) is 1.54. The Morgan fingerprint density at radius 2 is 1.55 bits per heavy atom. The van der Waals surface area contributed by atoms with Crippen molar-refractivity contribution in [3.63, 3.8) is 0 Å². The lowest BCUT2D eigenvalue weighted by molar-refractivity contribution is 0.0964. The van der Waals surface area contributed by atoms with Gasteiger partial charge in [-0.15, -0.1) is 0 Å². The third-order valence-corrected chi connectivity index (χ3v) is 4.03. The lowest BCUT2D eigenvalue weighted by atomic mass is 9.93. The molecule has 1 atom stereocenters. The highest BCUT2D eigenvalue weighted by Gasteiger charge is 2.12. The summed E-state index contributed by atoms with van der Waals surface area (Å²) in [7, 11) is 0. The van der Waals surface area contributed by atoms with Crippen LogP contribution in [0.1, 0.15) is 29.3 Å². The number of hydrogen-bond acceptors (Lipinski definition) is 1. The molecule has 3 aromatic carbocycles. The highest BCUT2D eigenvalue weighted by atomic mass is 16.1. The molecule has 0 aliphatic heterocycles. The number of Topliss-reactive ketones (excluding diaryl/α,β-unsaturated/α-hetero) is 1. The van der Waals surface area contributed by atoms with Gasteiger partial charge >= 0.3 is 0 Å². The van der Waals surface area contributed by atoms with E-state index >= 15 is 0 Å². The van der Waals surface area contributed by atoms with Crippen molar-refractivity contribution in [1.82, 2.24) is 0 Å². The van der Waals surface area contributed by atoms with Crippen LogP contribution in [0, 0.1) is 5.92 Å². The zero-order valence-electron chi connectivity index (χ0n) is 12.8. The topological polar surface area (TPSA) is 17.1 Å². The van der Waals surface area contributed by atoms with Crippen LogP contribution < -0.4 is 0 Å². The van der Waals surface area contributed by atoms with E-state index in [-0.39, 0.29) is 5.78 Å². The van der Waals surface area contributed by atoms with Gasteiger partial charge in [-0.2, -0.15) is 0 Å². The second kappa shape index (κ2) is 6.57. The van der Waals surface area contributed by atoms with Crippen molar-refractivity contribution in [2.75, 3.05) is 0 Å². The first-order chi connectivity index (χ1) is 10.7. The van der Waals surface area contributed by atoms with Gasteiger partial charge in [0.15, 0.2) is 5.78 Å². The number of fused-ring (bicyclic) bond motifs is 1. The first kappa shape index (κ1) is 14.5. The number of rotatable bonds is 5. The van der Waals surface area contributed by atoms with E-state index in [1.165, 1.54) is 10.9 Å². The van der Waals surface area contributed by atoms with Crippen LogP contribution in [0.3, 0.4) is 0 Å². The zero-order chi connectivity index (χ0) is 15.4. The number of benzene rings is 3. The van der Waals surface area contributed by atoms with Crippen LogP contribution in [0.4, 0.5) is 0 Å². The van der Waals surface area contributed by atoms with Crippen LogP contribution >= 0.6 is 0 Å². The molecule has 0 aliphatic rings. The molecule has 0 fully saturated rings. The third kappa shape index (κ3) is 3.43. The molecule has 3 rings (SSSR count). The standard InChI is InChI=1S/C21H20O/c1-16(13-17-7-3-2-4-8-17)14-21(22)20-12-11-18-9-5-6-10-19(18)15-20/h2-12,15-16H,13-14H2,1H3. The molecule has 22 heavy (non-hydrogen) atoms. The van der Waals surface area contributed by atoms with E-state index in [4.69, 9.17) is 0 Å². The van der Waals surface area contributed by atoms with Crippen LogP contribution in [-0.4, -0.2) is 5.78 Å². The molecular weight excluding hydrogens is 268 g/mol. The first-order valence-electron chi connectivity index (χ1n) is 7.78. The number of carbonyl (C=O) groups is 1. The highest BCUT2D eigenvalue weighted by Crippen LogP contribution is 2.19. The van der Waals surface area contributed by atoms with Crippen LogP contribution in [0.2, 0.25) is 0 Å². The summed E-state index contributed by atoms with van der Waals surface area (Å²) < 4.78 is 0. The van der Waals surface area contributed by atoms with Crippen LogP contribution in [0.5, 0.6) is 0 Å². The molecule has 0 saturated heterocycles. The second-order valence-electron chi connectivity index (χ2n) is 5.98. The predicted molar refractivity (Wildman–Crippen MR) is 92.2 cm³/mol. The van der Waals surface area contributed by atoms with Gasteiger partial charge in [0, 0.05) is 12.0 Å². The normalized spacial score (nSPS) is 12.2. The van der Waals surface area contributed by atoms with Gasteiger partial charge in [0.2, 0.25) is 0 Å². The van der Waals surface area contributed by atoms with Gasteiger partial charge in [-0.3, -0.25) is 4.79 Å². The summed E-state index contributed by atoms with van der Waals surface area (Å²) in [6, 6.07) is 24.5. The Bertz CT molecular complexity index is 774. The second-order valence-corrected chi connectivity index (χ2v) is 5.98. The van der Waals surface area contributed by atoms with Crippen molar-refractivity contribution in [3.05, 3.63) is 83.9 Å². The van der Waals surface area contributed by atoms with E-state index in [2.05, 4.69) is 31.2 Å². The molecule has 110 valence electrons. The summed E-state index contributed by atoms with van der Waals surface area (Å²) in [5, 5.41) is 2.31. The zero-order valence-corrected chi connectivity index (χ0v) is 12.8. The molecule has 0 N–H and O–H groups in total. The van der Waals surface area contributed by atoms with Crippen molar-refractivity contribution in [1.29, 1.82) is 0 Å². The van der Waals surface area contributed by atoms with Gasteiger partial charge < -0.3 is 0 Å². The Kier molecular flexibility index (Phi) is 4.34. The Morgan fingerprint density at radius 3 is 2.32 bits per heavy atom. The van der Waals surface area contributed by atoms with Crippen molar-refractivity contribution in [2.45, 2.75) is 19.8 Å². The largest absolute Gasteiger partial charge is 0.294 e. The maximum atomic E-state index is 12.5. The maximum Gasteiger partial charge on any atom is 0.163 e. The first-order valence-corrected chi connectivity index (χ1v) is 7.78. The summed E-state index contributed by atoms with van der Waals surface area (Å²) in [5.41, 5.74) is 2.11. The van der Waals surface area contributed by atoms with E-state index in [0.29, 0.717) is 12.3 Å². The molecule has 0 saturated carbocycles. The van der Waals surface area contributed by atoms with Gasteiger partial charge in [-0.25, -0.2) is 0 Å². The molecule has 0 spiro atoms. The fraction of sp³-hybridized carbons (Fsp3) is 0.190. The van der Waals surface area contributed by atoms with E-state index in [0.717, 1.165) is 17.4 Å². The Labute approximate surface area is 131 Å². The van der Waals surface area contributed by atoms with Crippen molar-refractivity contribution in [2.24, 2.45) is 5.92 Å². The minimum Gasteiger partial charge on any atom is -0.294 e. The number of hydrogen-bond donors (Lipinski definition) is 0. The van der Waals surface area contributed by atoms with Crippen LogP contribution in [-0.2, 0) is 6.42 Å². The Hall–Kier alpha value is -2.41. The predicted octanol–water partition coefficient (Wildman–Crippen LogP) is 5.29. The molecular formula is C21H20O. The van der Waals surface area contributed by atoms with E-state index in [1.54, 1.807) is 0 Å². The van der Waals surface area contributed by atoms with E-state index < -0.39 is 0 Å². The summed E-state index contributed by atoms with van der Waals surface area (Å²) in [5.74, 6) is 0.579. The van der Waals surface area contributed by atoms with E-state index in [1.807, 2.05) is 48.5 Å². The average molecular weight is 288 g/mol. The van der Waals surface area contributed by atoms with Crippen molar-refractivity contribution >= 4 is 16.6 Å². The molecule has 0 radical (unpaired) electrons. The number of ketones is 1. The molecule has 0 aliphatic carbocycles. The molecule has 1 nitrogen and oxygen atoms in total. The summed E-state index contributed by atoms with van der Waals surface area (Å²) >= 11 is 0. The molecule has 1 unspecified atom stereocenters. The minimum absolute atomic E-state index is 0.231. The van der Waals surface area contributed by atoms with E-state index in [9.17, 15) is 4.79 Å². The molecule has 1 heteroatoms. The molecule has 0 bridgehead atoms. The lowest BCUT2D eigenvalue weighted by Crippen LogP contribution is -2.08. The smallest absolute Gasteiger partial charge is 0.163 e. The summed E-state index contributed by atoms with van der Waals surface area (Å²) in [6.45, 7) is 2.14. The molecule has 3 aromatic rings. The maximum absolute atomic E-state index is 12.5. The SMILES string of the molecule is CC(CC(=O)c1ccc2ccccc2c1)Cc1ccccc1. The number of carbonyl (C=O) groups excluding carboxylic acids is 1. The van der Waals surface area contributed by atoms with Gasteiger partial charge in [0.05, 0.1) is 0 Å². The molecule has 0 heterocycles. The minimum atomic E-state index is 0.231. The highest BCUT2D eigenvalue weighted by molar-refractivity contribution is 6.00. The monoisotopic (exact) mass is 288 g/mol. The van der Waals surface area contributed by atoms with Crippen molar-refractivity contribution < 1.29 is 4.79 Å². The summed E-state index contributed by atoms with van der Waals surface area (Å²) in [4.78, 5) is 12.5. The van der Waals surface area contributed by atoms with Crippen LogP contribution in [0.25, 0.3) is 10.8 Å². The van der Waals surface area contributed by atoms with Gasteiger partial charge in [-0.05, 0) is 34.7 Å². The van der Waals surface area contributed by atoms with Gasteiger partial charge in [0.1, 0.15) is 0 Å². The fourth-order valence-electron chi connectivity index (χ4n) is 2.89. The third-order valence-electron chi connectivity index (χ3n) is 4.03. The molecule has 0 amide bonds. The molecule has 0 aromatic heterocycles. The Morgan fingerprint density at radius 1 is 0.864 bits per heavy atom. The Balaban J connectivity index is 1.70. The van der Waals surface area contributed by atoms with Crippen LogP contribution in [0.15, 0.2) is 72.8 Å².